The number of hydrogen-bond donors (Lipinski definition) is 1. The minimum Gasteiger partial charge on any atom is -0.352 e. The average molecular weight is 338 g/mol. The van der Waals surface area contributed by atoms with Gasteiger partial charge in [0.15, 0.2) is 0 Å². The third-order valence-electron chi connectivity index (χ3n) is 3.92. The number of pyridine rings is 1. The topological polar surface area (TPSA) is 59.8 Å². The number of nitrogens with one attached hydrogen (secondary N) is 1. The molecule has 0 fully saturated rings. The van der Waals surface area contributed by atoms with Crippen LogP contribution in [-0.4, -0.2) is 20.7 Å². The van der Waals surface area contributed by atoms with Gasteiger partial charge in [-0.25, -0.2) is 4.39 Å². The molecule has 2 aromatic heterocycles. The summed E-state index contributed by atoms with van der Waals surface area (Å²) < 4.78 is 15.3. The van der Waals surface area contributed by atoms with Gasteiger partial charge in [0.05, 0.1) is 11.9 Å². The van der Waals surface area contributed by atoms with Crippen LogP contribution in [0.3, 0.4) is 0 Å². The standard InChI is InChI=1S/C19H19FN4O/c1-24-13-16(12-23-24)19-15(6-4-10-21-19)11-22-18(25)9-8-14-5-2-3-7-17(14)20/h2-7,10,12-13H,8-9,11H2,1H3,(H,22,25). The normalized spacial score (nSPS) is 10.6. The SMILES string of the molecule is Cn1cc(-c2ncccc2CNC(=O)CCc2ccccc2F)cn1. The Morgan fingerprint density at radius 3 is 2.76 bits per heavy atom. The molecule has 0 bridgehead atoms. The Balaban J connectivity index is 1.60. The van der Waals surface area contributed by atoms with Gasteiger partial charge in [-0.15, -0.1) is 0 Å². The van der Waals surface area contributed by atoms with Crippen molar-refractivity contribution < 1.29 is 9.18 Å². The number of amides is 1. The van der Waals surface area contributed by atoms with E-state index in [1.54, 1.807) is 35.3 Å². The van der Waals surface area contributed by atoms with E-state index in [1.807, 2.05) is 25.4 Å². The fraction of sp³-hybridized carbons (Fsp3) is 0.211. The Labute approximate surface area is 145 Å². The second kappa shape index (κ2) is 7.70. The van der Waals surface area contributed by atoms with Gasteiger partial charge in [-0.05, 0) is 29.7 Å². The lowest BCUT2D eigenvalue weighted by molar-refractivity contribution is -0.121. The van der Waals surface area contributed by atoms with Gasteiger partial charge in [0.2, 0.25) is 5.91 Å². The van der Waals surface area contributed by atoms with Crippen LogP contribution in [0.25, 0.3) is 11.3 Å². The molecule has 1 aromatic carbocycles. The van der Waals surface area contributed by atoms with Crippen molar-refractivity contribution in [3.05, 3.63) is 71.9 Å². The lowest BCUT2D eigenvalue weighted by Crippen LogP contribution is -2.23. The highest BCUT2D eigenvalue weighted by Crippen LogP contribution is 2.20. The maximum atomic E-state index is 13.6. The summed E-state index contributed by atoms with van der Waals surface area (Å²) in [6, 6.07) is 10.3. The molecule has 6 heteroatoms. The van der Waals surface area contributed by atoms with Crippen LogP contribution in [0.5, 0.6) is 0 Å². The fourth-order valence-corrected chi connectivity index (χ4v) is 2.62. The van der Waals surface area contributed by atoms with Crippen molar-refractivity contribution in [3.8, 4) is 11.3 Å². The monoisotopic (exact) mass is 338 g/mol. The minimum atomic E-state index is -0.276. The number of nitrogens with zero attached hydrogens (tertiary/aromatic N) is 3. The molecule has 3 aromatic rings. The summed E-state index contributed by atoms with van der Waals surface area (Å²) in [6.45, 7) is 0.369. The molecule has 1 amide bonds. The summed E-state index contributed by atoms with van der Waals surface area (Å²) in [5.41, 5.74) is 3.16. The second-order valence-electron chi connectivity index (χ2n) is 5.78. The highest BCUT2D eigenvalue weighted by atomic mass is 19.1. The average Bonchev–Trinajstić information content (AvgIpc) is 3.06. The molecule has 0 unspecified atom stereocenters. The number of carbonyl (C=O) groups excluding carboxylic acids is 1. The van der Waals surface area contributed by atoms with Gasteiger partial charge in [-0.1, -0.05) is 24.3 Å². The first-order valence-corrected chi connectivity index (χ1v) is 8.06. The molecule has 0 aliphatic heterocycles. The van der Waals surface area contributed by atoms with Crippen LogP contribution in [0.2, 0.25) is 0 Å². The van der Waals surface area contributed by atoms with Gasteiger partial charge in [0.25, 0.3) is 0 Å². The largest absolute Gasteiger partial charge is 0.352 e. The van der Waals surface area contributed by atoms with E-state index in [9.17, 15) is 9.18 Å². The van der Waals surface area contributed by atoms with Crippen molar-refractivity contribution in [1.82, 2.24) is 20.1 Å². The lowest BCUT2D eigenvalue weighted by atomic mass is 10.1. The number of aromatic nitrogens is 3. The third kappa shape index (κ3) is 4.29. The number of hydrogen-bond acceptors (Lipinski definition) is 3. The lowest BCUT2D eigenvalue weighted by Gasteiger charge is -2.09. The molecule has 2 heterocycles. The Hall–Kier alpha value is -3.02. The van der Waals surface area contributed by atoms with Crippen LogP contribution in [-0.2, 0) is 24.8 Å². The Bertz CT molecular complexity index is 875. The minimum absolute atomic E-state index is 0.121. The zero-order chi connectivity index (χ0) is 17.6. The van der Waals surface area contributed by atoms with Gasteiger partial charge in [0, 0.05) is 38.0 Å². The van der Waals surface area contributed by atoms with E-state index in [0.717, 1.165) is 16.8 Å². The molecular weight excluding hydrogens is 319 g/mol. The van der Waals surface area contributed by atoms with E-state index in [0.29, 0.717) is 18.5 Å². The number of rotatable bonds is 6. The first-order chi connectivity index (χ1) is 12.1. The maximum Gasteiger partial charge on any atom is 0.220 e. The van der Waals surface area contributed by atoms with E-state index in [-0.39, 0.29) is 18.1 Å². The van der Waals surface area contributed by atoms with Crippen LogP contribution in [0.15, 0.2) is 55.0 Å². The van der Waals surface area contributed by atoms with Crippen molar-refractivity contribution >= 4 is 5.91 Å². The van der Waals surface area contributed by atoms with Crippen LogP contribution in [0.4, 0.5) is 4.39 Å². The summed E-state index contributed by atoms with van der Waals surface area (Å²) in [5.74, 6) is -0.398. The molecule has 0 aliphatic carbocycles. The zero-order valence-corrected chi connectivity index (χ0v) is 13.9. The fourth-order valence-electron chi connectivity index (χ4n) is 2.62. The van der Waals surface area contributed by atoms with Crippen LogP contribution >= 0.6 is 0 Å². The molecule has 0 aliphatic rings. The Morgan fingerprint density at radius 2 is 2.00 bits per heavy atom. The molecule has 0 saturated carbocycles. The molecule has 128 valence electrons. The molecule has 0 saturated heterocycles. The third-order valence-corrected chi connectivity index (χ3v) is 3.92. The van der Waals surface area contributed by atoms with E-state index >= 15 is 0 Å². The predicted molar refractivity (Wildman–Crippen MR) is 93.0 cm³/mol. The summed E-state index contributed by atoms with van der Waals surface area (Å²) in [5, 5.41) is 7.03. The second-order valence-corrected chi connectivity index (χ2v) is 5.78. The van der Waals surface area contributed by atoms with Crippen molar-refractivity contribution in [2.75, 3.05) is 0 Å². The molecule has 1 N–H and O–H groups in total. The Kier molecular flexibility index (Phi) is 5.18. The van der Waals surface area contributed by atoms with Gasteiger partial charge < -0.3 is 5.32 Å². The number of aryl methyl sites for hydroxylation is 2. The van der Waals surface area contributed by atoms with E-state index in [4.69, 9.17) is 0 Å². The highest BCUT2D eigenvalue weighted by molar-refractivity contribution is 5.76. The van der Waals surface area contributed by atoms with Crippen LogP contribution in [0, 0.1) is 5.82 Å². The number of carbonyl (C=O) groups is 1. The zero-order valence-electron chi connectivity index (χ0n) is 13.9. The summed E-state index contributed by atoms with van der Waals surface area (Å²) in [7, 11) is 1.84. The van der Waals surface area contributed by atoms with Crippen LogP contribution in [0.1, 0.15) is 17.5 Å². The van der Waals surface area contributed by atoms with Gasteiger partial charge in [-0.2, -0.15) is 5.10 Å². The van der Waals surface area contributed by atoms with E-state index in [1.165, 1.54) is 6.07 Å². The van der Waals surface area contributed by atoms with Crippen molar-refractivity contribution in [3.63, 3.8) is 0 Å². The smallest absolute Gasteiger partial charge is 0.220 e. The molecule has 0 spiro atoms. The quantitative estimate of drug-likeness (QED) is 0.752. The van der Waals surface area contributed by atoms with E-state index < -0.39 is 0 Å². The molecule has 0 atom stereocenters. The van der Waals surface area contributed by atoms with E-state index in [2.05, 4.69) is 15.4 Å². The highest BCUT2D eigenvalue weighted by Gasteiger charge is 2.10. The molecule has 3 rings (SSSR count). The summed E-state index contributed by atoms with van der Waals surface area (Å²) >= 11 is 0. The number of halogens is 1. The first-order valence-electron chi connectivity index (χ1n) is 8.06. The maximum absolute atomic E-state index is 13.6. The Morgan fingerprint density at radius 1 is 1.20 bits per heavy atom. The van der Waals surface area contributed by atoms with Crippen molar-refractivity contribution in [2.45, 2.75) is 19.4 Å². The number of benzene rings is 1. The first kappa shape index (κ1) is 16.8. The predicted octanol–water partition coefficient (Wildman–Crippen LogP) is 2.87. The summed E-state index contributed by atoms with van der Waals surface area (Å²) in [4.78, 5) is 16.5. The van der Waals surface area contributed by atoms with Gasteiger partial charge in [0.1, 0.15) is 5.82 Å². The molecular formula is C19H19FN4O. The van der Waals surface area contributed by atoms with Crippen molar-refractivity contribution in [2.24, 2.45) is 7.05 Å². The molecule has 5 nitrogen and oxygen atoms in total. The molecule has 25 heavy (non-hydrogen) atoms. The molecule has 0 radical (unpaired) electrons. The summed E-state index contributed by atoms with van der Waals surface area (Å²) in [6.07, 6.45) is 5.95. The van der Waals surface area contributed by atoms with Crippen LogP contribution < -0.4 is 5.32 Å². The van der Waals surface area contributed by atoms with Gasteiger partial charge in [-0.3, -0.25) is 14.5 Å². The van der Waals surface area contributed by atoms with Crippen molar-refractivity contribution in [1.29, 1.82) is 0 Å². The van der Waals surface area contributed by atoms with Gasteiger partial charge >= 0.3 is 0 Å².